The zero-order chi connectivity index (χ0) is 18.3. The van der Waals surface area contributed by atoms with Crippen LogP contribution in [0.3, 0.4) is 0 Å². The lowest BCUT2D eigenvalue weighted by molar-refractivity contribution is 0.524. The number of rotatable bonds is 20. The van der Waals surface area contributed by atoms with Gasteiger partial charge in [0.2, 0.25) is 6.19 Å². The monoisotopic (exact) mass is 348 g/mol. The molecule has 0 aliphatic heterocycles. The van der Waals surface area contributed by atoms with Crippen LogP contribution < -0.4 is 0 Å². The van der Waals surface area contributed by atoms with Gasteiger partial charge in [-0.05, 0) is 12.8 Å². The number of nitriles is 1. The average Bonchev–Trinajstić information content (AvgIpc) is 2.63. The van der Waals surface area contributed by atoms with E-state index < -0.39 is 0 Å². The zero-order valence-corrected chi connectivity index (χ0v) is 17.1. The highest BCUT2D eigenvalue weighted by Gasteiger charge is 1.95. The second-order valence-corrected chi connectivity index (χ2v) is 7.56. The van der Waals surface area contributed by atoms with Crippen molar-refractivity contribution >= 4 is 6.21 Å². The summed E-state index contributed by atoms with van der Waals surface area (Å²) in [6.07, 6.45) is 31.4. The minimum Gasteiger partial charge on any atom is -0.186 e. The van der Waals surface area contributed by atoms with E-state index in [1.165, 1.54) is 122 Å². The molecule has 0 N–H and O–H groups in total. The minimum absolute atomic E-state index is 0.965. The van der Waals surface area contributed by atoms with E-state index in [2.05, 4.69) is 11.9 Å². The van der Waals surface area contributed by atoms with Gasteiger partial charge in [-0.25, -0.2) is 0 Å². The quantitative estimate of drug-likeness (QED) is 0.124. The fourth-order valence-corrected chi connectivity index (χ4v) is 3.42. The minimum atomic E-state index is 0.965. The van der Waals surface area contributed by atoms with E-state index in [4.69, 9.17) is 5.26 Å². The Bertz CT molecular complexity index is 304. The van der Waals surface area contributed by atoms with Crippen LogP contribution >= 0.6 is 0 Å². The molecule has 0 aromatic heterocycles. The molecule has 146 valence electrons. The third-order valence-corrected chi connectivity index (χ3v) is 5.09. The molecule has 0 aromatic rings. The van der Waals surface area contributed by atoms with Gasteiger partial charge in [0.15, 0.2) is 0 Å². The van der Waals surface area contributed by atoms with Crippen LogP contribution in [0.25, 0.3) is 0 Å². The average molecular weight is 349 g/mol. The van der Waals surface area contributed by atoms with Gasteiger partial charge in [-0.15, -0.1) is 0 Å². The van der Waals surface area contributed by atoms with Crippen molar-refractivity contribution in [2.45, 2.75) is 135 Å². The highest BCUT2D eigenvalue weighted by atomic mass is 14.7. The molecule has 0 radical (unpaired) electrons. The SMILES string of the molecule is CCCCCCCCCCCCCCCCCCCCCC=NC#N. The highest BCUT2D eigenvalue weighted by molar-refractivity contribution is 5.58. The standard InChI is InChI=1S/C23H44N2/c1-2-3-4-5-6-7-8-9-10-11-12-13-14-15-16-17-18-19-20-21-22-25-23-24/h22H,2-21H2,1H3. The molecule has 0 unspecified atom stereocenters. The van der Waals surface area contributed by atoms with Crippen LogP contribution in [0.4, 0.5) is 0 Å². The van der Waals surface area contributed by atoms with Gasteiger partial charge in [0, 0.05) is 6.21 Å². The second-order valence-electron chi connectivity index (χ2n) is 7.56. The third-order valence-electron chi connectivity index (χ3n) is 5.09. The van der Waals surface area contributed by atoms with Crippen molar-refractivity contribution in [1.29, 1.82) is 5.26 Å². The second kappa shape index (κ2) is 23.2. The van der Waals surface area contributed by atoms with Crippen molar-refractivity contribution in [3.63, 3.8) is 0 Å². The lowest BCUT2D eigenvalue weighted by Gasteiger charge is -2.03. The Balaban J connectivity index is 2.98. The maximum absolute atomic E-state index is 8.28. The first-order valence-corrected chi connectivity index (χ1v) is 11.3. The molecule has 0 aliphatic carbocycles. The van der Waals surface area contributed by atoms with Crippen LogP contribution in [0.2, 0.25) is 0 Å². The summed E-state index contributed by atoms with van der Waals surface area (Å²) in [6.45, 7) is 2.29. The maximum Gasteiger partial charge on any atom is 0.205 e. The van der Waals surface area contributed by atoms with Gasteiger partial charge >= 0.3 is 0 Å². The molecule has 0 aliphatic rings. The third kappa shape index (κ3) is 23.2. The Morgan fingerprint density at radius 1 is 0.560 bits per heavy atom. The van der Waals surface area contributed by atoms with Gasteiger partial charge < -0.3 is 0 Å². The molecule has 0 fully saturated rings. The Labute approximate surface area is 158 Å². The van der Waals surface area contributed by atoms with E-state index in [1.807, 2.05) is 0 Å². The number of nitrogens with zero attached hydrogens (tertiary/aromatic N) is 2. The molecule has 0 heterocycles. The summed E-state index contributed by atoms with van der Waals surface area (Å²) in [6, 6.07) is 0. The summed E-state index contributed by atoms with van der Waals surface area (Å²) in [5.41, 5.74) is 0. The van der Waals surface area contributed by atoms with Crippen LogP contribution in [-0.4, -0.2) is 6.21 Å². The molecule has 0 amide bonds. The van der Waals surface area contributed by atoms with Crippen LogP contribution in [0.1, 0.15) is 135 Å². The lowest BCUT2D eigenvalue weighted by Crippen LogP contribution is -1.84. The van der Waals surface area contributed by atoms with E-state index >= 15 is 0 Å². The van der Waals surface area contributed by atoms with E-state index in [0.29, 0.717) is 0 Å². The molecule has 25 heavy (non-hydrogen) atoms. The molecule has 0 rings (SSSR count). The summed E-state index contributed by atoms with van der Waals surface area (Å²) < 4.78 is 0. The first kappa shape index (κ1) is 24.2. The largest absolute Gasteiger partial charge is 0.205 e. The Kier molecular flexibility index (Phi) is 22.4. The summed E-state index contributed by atoms with van der Waals surface area (Å²) in [7, 11) is 0. The molecule has 0 aromatic carbocycles. The van der Waals surface area contributed by atoms with E-state index in [1.54, 1.807) is 12.4 Å². The van der Waals surface area contributed by atoms with E-state index in [0.717, 1.165) is 6.42 Å². The van der Waals surface area contributed by atoms with Crippen LogP contribution in [0.15, 0.2) is 4.99 Å². The van der Waals surface area contributed by atoms with E-state index in [9.17, 15) is 0 Å². The van der Waals surface area contributed by atoms with Crippen LogP contribution in [0.5, 0.6) is 0 Å². The highest BCUT2D eigenvalue weighted by Crippen LogP contribution is 2.14. The van der Waals surface area contributed by atoms with E-state index in [-0.39, 0.29) is 0 Å². The zero-order valence-electron chi connectivity index (χ0n) is 17.1. The number of hydrogen-bond acceptors (Lipinski definition) is 2. The van der Waals surface area contributed by atoms with Gasteiger partial charge in [0.1, 0.15) is 0 Å². The van der Waals surface area contributed by atoms with Gasteiger partial charge in [-0.3, -0.25) is 0 Å². The molecule has 0 spiro atoms. The number of unbranched alkanes of at least 4 members (excludes halogenated alkanes) is 19. The van der Waals surface area contributed by atoms with Crippen molar-refractivity contribution < 1.29 is 0 Å². The Hall–Kier alpha value is -0.840. The fraction of sp³-hybridized carbons (Fsp3) is 0.913. The molecule has 2 nitrogen and oxygen atoms in total. The maximum atomic E-state index is 8.28. The predicted octanol–water partition coefficient (Wildman–Crippen LogP) is 8.36. The molecular weight excluding hydrogens is 304 g/mol. The smallest absolute Gasteiger partial charge is 0.186 e. The van der Waals surface area contributed by atoms with Crippen LogP contribution in [0, 0.1) is 11.5 Å². The first-order chi connectivity index (χ1) is 12.4. The molecular formula is C23H44N2. The van der Waals surface area contributed by atoms with Gasteiger partial charge in [-0.2, -0.15) is 10.3 Å². The van der Waals surface area contributed by atoms with Gasteiger partial charge in [0.05, 0.1) is 0 Å². The summed E-state index contributed by atoms with van der Waals surface area (Å²) in [4.78, 5) is 3.57. The molecule has 0 saturated carbocycles. The Morgan fingerprint density at radius 3 is 1.20 bits per heavy atom. The number of aliphatic imine (C=N–C) groups is 1. The molecule has 2 heteroatoms. The normalized spacial score (nSPS) is 11.2. The predicted molar refractivity (Wildman–Crippen MR) is 112 cm³/mol. The van der Waals surface area contributed by atoms with Gasteiger partial charge in [0.25, 0.3) is 0 Å². The summed E-state index contributed by atoms with van der Waals surface area (Å²) in [5.74, 6) is 0. The van der Waals surface area contributed by atoms with Gasteiger partial charge in [-0.1, -0.05) is 122 Å². The van der Waals surface area contributed by atoms with Crippen molar-refractivity contribution in [2.24, 2.45) is 4.99 Å². The summed E-state index contributed by atoms with van der Waals surface area (Å²) >= 11 is 0. The van der Waals surface area contributed by atoms with Crippen molar-refractivity contribution in [1.82, 2.24) is 0 Å². The molecule has 0 saturated heterocycles. The molecule has 0 atom stereocenters. The Morgan fingerprint density at radius 2 is 0.880 bits per heavy atom. The van der Waals surface area contributed by atoms with Crippen molar-refractivity contribution in [3.8, 4) is 6.19 Å². The van der Waals surface area contributed by atoms with Crippen molar-refractivity contribution in [2.75, 3.05) is 0 Å². The first-order valence-electron chi connectivity index (χ1n) is 11.3. The number of hydrogen-bond donors (Lipinski definition) is 0. The fourth-order valence-electron chi connectivity index (χ4n) is 3.42. The van der Waals surface area contributed by atoms with Crippen molar-refractivity contribution in [3.05, 3.63) is 0 Å². The molecule has 0 bridgehead atoms. The summed E-state index contributed by atoms with van der Waals surface area (Å²) in [5, 5.41) is 8.28. The lowest BCUT2D eigenvalue weighted by atomic mass is 10.0. The topological polar surface area (TPSA) is 36.1 Å². The van der Waals surface area contributed by atoms with Crippen LogP contribution in [-0.2, 0) is 0 Å².